The summed E-state index contributed by atoms with van der Waals surface area (Å²) in [7, 11) is 0. The molecule has 0 fully saturated rings. The monoisotopic (exact) mass is 319 g/mol. The van der Waals surface area contributed by atoms with E-state index in [0.29, 0.717) is 18.1 Å². The summed E-state index contributed by atoms with van der Waals surface area (Å²) in [6, 6.07) is 5.63. The molecule has 1 rings (SSSR count). The van der Waals surface area contributed by atoms with E-state index in [1.807, 2.05) is 25.1 Å². The van der Waals surface area contributed by atoms with Crippen LogP contribution in [0.2, 0.25) is 5.02 Å². The van der Waals surface area contributed by atoms with Crippen molar-refractivity contribution in [3.05, 3.63) is 33.3 Å². The smallest absolute Gasteiger partial charge is 0.304 e. The number of benzene rings is 1. The number of aliphatic carboxylic acids is 1. The summed E-state index contributed by atoms with van der Waals surface area (Å²) < 4.78 is 0.996. The highest BCUT2D eigenvalue weighted by molar-refractivity contribution is 9.10. The molecule has 0 aliphatic heterocycles. The molecule has 0 atom stereocenters. The van der Waals surface area contributed by atoms with Crippen molar-refractivity contribution >= 4 is 33.5 Å². The fourth-order valence-electron chi connectivity index (χ4n) is 1.51. The molecular formula is C12H15BrClNO2. The van der Waals surface area contributed by atoms with Gasteiger partial charge in [0.15, 0.2) is 0 Å². The average molecular weight is 321 g/mol. The van der Waals surface area contributed by atoms with Gasteiger partial charge in [0.1, 0.15) is 0 Å². The van der Waals surface area contributed by atoms with Crippen LogP contribution in [0.15, 0.2) is 22.7 Å². The number of carbonyl (C=O) groups is 1. The molecule has 5 heteroatoms. The molecule has 0 unspecified atom stereocenters. The van der Waals surface area contributed by atoms with Gasteiger partial charge in [-0.1, -0.05) is 34.5 Å². The zero-order valence-corrected chi connectivity index (χ0v) is 12.0. The number of rotatable bonds is 6. The van der Waals surface area contributed by atoms with Crippen LogP contribution in [0.25, 0.3) is 0 Å². The molecule has 0 amide bonds. The first kappa shape index (κ1) is 14.5. The first-order chi connectivity index (χ1) is 8.02. The van der Waals surface area contributed by atoms with Gasteiger partial charge in [0.25, 0.3) is 0 Å². The first-order valence-electron chi connectivity index (χ1n) is 5.41. The fourth-order valence-corrected chi connectivity index (χ4v) is 2.07. The quantitative estimate of drug-likeness (QED) is 0.873. The molecule has 0 radical (unpaired) electrons. The predicted molar refractivity (Wildman–Crippen MR) is 72.4 cm³/mol. The Labute approximate surface area is 115 Å². The van der Waals surface area contributed by atoms with Gasteiger partial charge in [0.2, 0.25) is 0 Å². The second-order valence-corrected chi connectivity index (χ2v) is 5.04. The summed E-state index contributed by atoms with van der Waals surface area (Å²) >= 11 is 9.40. The Hall–Kier alpha value is -0.580. The molecule has 0 aliphatic rings. The largest absolute Gasteiger partial charge is 0.481 e. The standard InChI is InChI=1S/C12H15BrClNO2/c1-2-15(6-5-12(16)17)8-9-7-10(14)3-4-11(9)13/h3-4,7H,2,5-6,8H2,1H3,(H,16,17). The lowest BCUT2D eigenvalue weighted by atomic mass is 10.2. The predicted octanol–water partition coefficient (Wildman–Crippen LogP) is 3.40. The zero-order chi connectivity index (χ0) is 12.8. The SMILES string of the molecule is CCN(CCC(=O)O)Cc1cc(Cl)ccc1Br. The maximum Gasteiger partial charge on any atom is 0.304 e. The van der Waals surface area contributed by atoms with E-state index in [4.69, 9.17) is 16.7 Å². The van der Waals surface area contributed by atoms with Crippen LogP contribution >= 0.6 is 27.5 Å². The van der Waals surface area contributed by atoms with Crippen LogP contribution in [0.4, 0.5) is 0 Å². The molecule has 0 saturated heterocycles. The topological polar surface area (TPSA) is 40.5 Å². The third-order valence-electron chi connectivity index (χ3n) is 2.49. The van der Waals surface area contributed by atoms with Crippen molar-refractivity contribution < 1.29 is 9.90 Å². The highest BCUT2D eigenvalue weighted by Gasteiger charge is 2.09. The number of nitrogens with zero attached hydrogens (tertiary/aromatic N) is 1. The Morgan fingerprint density at radius 3 is 2.82 bits per heavy atom. The molecule has 1 aromatic rings. The average Bonchev–Trinajstić information content (AvgIpc) is 2.28. The second kappa shape index (κ2) is 6.99. The minimum Gasteiger partial charge on any atom is -0.481 e. The van der Waals surface area contributed by atoms with E-state index in [9.17, 15) is 4.79 Å². The lowest BCUT2D eigenvalue weighted by Gasteiger charge is -2.20. The van der Waals surface area contributed by atoms with E-state index in [1.165, 1.54) is 0 Å². The van der Waals surface area contributed by atoms with Crippen molar-refractivity contribution in [1.82, 2.24) is 4.90 Å². The van der Waals surface area contributed by atoms with E-state index in [-0.39, 0.29) is 6.42 Å². The highest BCUT2D eigenvalue weighted by atomic mass is 79.9. The summed E-state index contributed by atoms with van der Waals surface area (Å²) in [5.74, 6) is -0.770. The Bertz CT molecular complexity index is 398. The first-order valence-corrected chi connectivity index (χ1v) is 6.58. The second-order valence-electron chi connectivity index (χ2n) is 3.75. The van der Waals surface area contributed by atoms with Crippen LogP contribution in [-0.4, -0.2) is 29.1 Å². The molecule has 0 aromatic heterocycles. The number of halogens is 2. The summed E-state index contributed by atoms with van der Waals surface area (Å²) in [4.78, 5) is 12.6. The lowest BCUT2D eigenvalue weighted by Crippen LogP contribution is -2.25. The number of hydrogen-bond donors (Lipinski definition) is 1. The van der Waals surface area contributed by atoms with Crippen LogP contribution in [0, 0.1) is 0 Å². The Morgan fingerprint density at radius 1 is 1.53 bits per heavy atom. The van der Waals surface area contributed by atoms with Gasteiger partial charge in [0.05, 0.1) is 6.42 Å². The highest BCUT2D eigenvalue weighted by Crippen LogP contribution is 2.22. The van der Waals surface area contributed by atoms with Crippen LogP contribution in [0.1, 0.15) is 18.9 Å². The lowest BCUT2D eigenvalue weighted by molar-refractivity contribution is -0.137. The van der Waals surface area contributed by atoms with Gasteiger partial charge in [-0.15, -0.1) is 0 Å². The Morgan fingerprint density at radius 2 is 2.24 bits per heavy atom. The maximum atomic E-state index is 10.5. The molecule has 0 heterocycles. The molecular weight excluding hydrogens is 305 g/mol. The fraction of sp³-hybridized carbons (Fsp3) is 0.417. The van der Waals surface area contributed by atoms with Gasteiger partial charge in [0, 0.05) is 22.6 Å². The van der Waals surface area contributed by atoms with Gasteiger partial charge in [-0.3, -0.25) is 9.69 Å². The normalized spacial score (nSPS) is 10.8. The van der Waals surface area contributed by atoms with Crippen molar-refractivity contribution in [2.24, 2.45) is 0 Å². The van der Waals surface area contributed by atoms with Crippen LogP contribution in [0.5, 0.6) is 0 Å². The van der Waals surface area contributed by atoms with E-state index in [1.54, 1.807) is 0 Å². The van der Waals surface area contributed by atoms with Crippen molar-refractivity contribution in [2.45, 2.75) is 19.9 Å². The van der Waals surface area contributed by atoms with E-state index in [0.717, 1.165) is 16.6 Å². The Balaban J connectivity index is 2.66. The maximum absolute atomic E-state index is 10.5. The van der Waals surface area contributed by atoms with Gasteiger partial charge < -0.3 is 5.11 Å². The van der Waals surface area contributed by atoms with Gasteiger partial charge in [-0.05, 0) is 30.3 Å². The number of carboxylic acid groups (broad SMARTS) is 1. The molecule has 0 spiro atoms. The minimum absolute atomic E-state index is 0.159. The molecule has 94 valence electrons. The molecule has 0 aliphatic carbocycles. The van der Waals surface area contributed by atoms with Crippen molar-refractivity contribution in [2.75, 3.05) is 13.1 Å². The zero-order valence-electron chi connectivity index (χ0n) is 9.62. The third kappa shape index (κ3) is 5.06. The van der Waals surface area contributed by atoms with Crippen molar-refractivity contribution in [3.63, 3.8) is 0 Å². The summed E-state index contributed by atoms with van der Waals surface area (Å²) in [5.41, 5.74) is 1.07. The number of carboxylic acids is 1. The summed E-state index contributed by atoms with van der Waals surface area (Å²) in [6.07, 6.45) is 0.159. The van der Waals surface area contributed by atoms with Crippen molar-refractivity contribution in [1.29, 1.82) is 0 Å². The molecule has 17 heavy (non-hydrogen) atoms. The molecule has 1 aromatic carbocycles. The summed E-state index contributed by atoms with van der Waals surface area (Å²) in [6.45, 7) is 4.07. The third-order valence-corrected chi connectivity index (χ3v) is 3.50. The van der Waals surface area contributed by atoms with Gasteiger partial charge in [-0.25, -0.2) is 0 Å². The molecule has 3 nitrogen and oxygen atoms in total. The Kier molecular flexibility index (Phi) is 5.95. The van der Waals surface area contributed by atoms with E-state index in [2.05, 4.69) is 20.8 Å². The molecule has 0 saturated carbocycles. The number of hydrogen-bond acceptors (Lipinski definition) is 2. The summed E-state index contributed by atoms with van der Waals surface area (Å²) in [5, 5.41) is 9.36. The molecule has 1 N–H and O–H groups in total. The van der Waals surface area contributed by atoms with Crippen LogP contribution in [0.3, 0.4) is 0 Å². The van der Waals surface area contributed by atoms with Crippen LogP contribution < -0.4 is 0 Å². The van der Waals surface area contributed by atoms with Gasteiger partial charge >= 0.3 is 5.97 Å². The van der Waals surface area contributed by atoms with Crippen molar-refractivity contribution in [3.8, 4) is 0 Å². The van der Waals surface area contributed by atoms with Crippen LogP contribution in [-0.2, 0) is 11.3 Å². The van der Waals surface area contributed by atoms with E-state index < -0.39 is 5.97 Å². The van der Waals surface area contributed by atoms with E-state index >= 15 is 0 Å². The molecule has 0 bridgehead atoms. The van der Waals surface area contributed by atoms with Gasteiger partial charge in [-0.2, -0.15) is 0 Å². The minimum atomic E-state index is -0.770.